The number of carbonyl (C=O) groups is 1. The van der Waals surface area contributed by atoms with Crippen molar-refractivity contribution in [2.24, 2.45) is 5.73 Å². The standard InChI is InChI=1S/C6H14N2O2/c1-6(2,3)8-10-5(9)4-7/h8H,4,7H2,1-3H3. The van der Waals surface area contributed by atoms with Gasteiger partial charge in [0.05, 0.1) is 6.54 Å². The fourth-order valence-electron chi connectivity index (χ4n) is 0.252. The Morgan fingerprint density at radius 3 is 2.40 bits per heavy atom. The molecule has 4 nitrogen and oxygen atoms in total. The molecule has 0 bridgehead atoms. The molecule has 60 valence electrons. The molecule has 4 heteroatoms. The van der Waals surface area contributed by atoms with Gasteiger partial charge in [0, 0.05) is 5.54 Å². The van der Waals surface area contributed by atoms with E-state index in [2.05, 4.69) is 10.3 Å². The molecule has 0 heterocycles. The molecule has 0 aromatic heterocycles. The Morgan fingerprint density at radius 2 is 2.10 bits per heavy atom. The molecule has 0 saturated heterocycles. The van der Waals surface area contributed by atoms with E-state index in [1.807, 2.05) is 20.8 Å². The molecular formula is C6H14N2O2. The second-order valence-corrected chi connectivity index (χ2v) is 3.03. The maximum Gasteiger partial charge on any atom is 0.338 e. The van der Waals surface area contributed by atoms with Crippen LogP contribution in [0.25, 0.3) is 0 Å². The van der Waals surface area contributed by atoms with Gasteiger partial charge in [0.25, 0.3) is 0 Å². The molecule has 0 radical (unpaired) electrons. The summed E-state index contributed by atoms with van der Waals surface area (Å²) in [5.41, 5.74) is 7.31. The SMILES string of the molecule is CC(C)(C)NOC(=O)CN. The van der Waals surface area contributed by atoms with Gasteiger partial charge >= 0.3 is 5.97 Å². The normalized spacial score (nSPS) is 11.2. The lowest BCUT2D eigenvalue weighted by atomic mass is 10.1. The summed E-state index contributed by atoms with van der Waals surface area (Å²) >= 11 is 0. The number of rotatable bonds is 2. The van der Waals surface area contributed by atoms with Crippen molar-refractivity contribution in [1.82, 2.24) is 5.48 Å². The third-order valence-electron chi connectivity index (χ3n) is 0.638. The Hall–Kier alpha value is -0.610. The molecule has 0 rings (SSSR count). The van der Waals surface area contributed by atoms with Gasteiger partial charge in [-0.2, -0.15) is 0 Å². The fraction of sp³-hybridized carbons (Fsp3) is 0.833. The highest BCUT2D eigenvalue weighted by Gasteiger charge is 2.10. The first kappa shape index (κ1) is 9.39. The summed E-state index contributed by atoms with van der Waals surface area (Å²) in [6.45, 7) is 5.56. The number of hydrogen-bond donors (Lipinski definition) is 2. The van der Waals surface area contributed by atoms with Crippen molar-refractivity contribution in [3.05, 3.63) is 0 Å². The third kappa shape index (κ3) is 5.53. The average molecular weight is 146 g/mol. The maximum atomic E-state index is 10.4. The summed E-state index contributed by atoms with van der Waals surface area (Å²) in [7, 11) is 0. The van der Waals surface area contributed by atoms with Crippen LogP contribution < -0.4 is 11.2 Å². The Morgan fingerprint density at radius 1 is 1.60 bits per heavy atom. The lowest BCUT2D eigenvalue weighted by Crippen LogP contribution is -2.39. The second kappa shape index (κ2) is 3.53. The summed E-state index contributed by atoms with van der Waals surface area (Å²) < 4.78 is 0. The van der Waals surface area contributed by atoms with Gasteiger partial charge in [-0.1, -0.05) is 0 Å². The van der Waals surface area contributed by atoms with Crippen molar-refractivity contribution in [1.29, 1.82) is 0 Å². The number of hydrogen-bond acceptors (Lipinski definition) is 4. The highest BCUT2D eigenvalue weighted by molar-refractivity contribution is 5.70. The molecule has 0 unspecified atom stereocenters. The third-order valence-corrected chi connectivity index (χ3v) is 0.638. The van der Waals surface area contributed by atoms with E-state index in [0.717, 1.165) is 0 Å². The fourth-order valence-corrected chi connectivity index (χ4v) is 0.252. The van der Waals surface area contributed by atoms with Gasteiger partial charge < -0.3 is 10.6 Å². The highest BCUT2D eigenvalue weighted by atomic mass is 16.7. The summed E-state index contributed by atoms with van der Waals surface area (Å²) in [5, 5.41) is 0. The van der Waals surface area contributed by atoms with Crippen molar-refractivity contribution in [2.75, 3.05) is 6.54 Å². The molecule has 0 spiro atoms. The first-order valence-electron chi connectivity index (χ1n) is 3.12. The number of nitrogens with one attached hydrogen (secondary N) is 1. The molecule has 0 aliphatic heterocycles. The molecule has 0 aromatic carbocycles. The first-order valence-corrected chi connectivity index (χ1v) is 3.12. The molecule has 0 aromatic rings. The second-order valence-electron chi connectivity index (χ2n) is 3.03. The van der Waals surface area contributed by atoms with Gasteiger partial charge in [-0.3, -0.25) is 0 Å². The zero-order chi connectivity index (χ0) is 8.20. The van der Waals surface area contributed by atoms with E-state index in [0.29, 0.717) is 0 Å². The smallest absolute Gasteiger partial charge is 0.338 e. The Balaban J connectivity index is 3.46. The summed E-state index contributed by atoms with van der Waals surface area (Å²) in [5.74, 6) is -0.449. The van der Waals surface area contributed by atoms with E-state index in [-0.39, 0.29) is 12.1 Å². The van der Waals surface area contributed by atoms with Crippen LogP contribution >= 0.6 is 0 Å². The quantitative estimate of drug-likeness (QED) is 0.529. The van der Waals surface area contributed by atoms with Crippen molar-refractivity contribution < 1.29 is 9.63 Å². The van der Waals surface area contributed by atoms with Crippen LogP contribution in [0.15, 0.2) is 0 Å². The largest absolute Gasteiger partial charge is 0.369 e. The Labute approximate surface area is 60.7 Å². The van der Waals surface area contributed by atoms with Crippen LogP contribution in [0.3, 0.4) is 0 Å². The van der Waals surface area contributed by atoms with Gasteiger partial charge in [-0.05, 0) is 20.8 Å². The van der Waals surface area contributed by atoms with Gasteiger partial charge in [-0.25, -0.2) is 4.79 Å². The van der Waals surface area contributed by atoms with Gasteiger partial charge in [0.2, 0.25) is 0 Å². The summed E-state index contributed by atoms with van der Waals surface area (Å²) in [6, 6.07) is 0. The summed E-state index contributed by atoms with van der Waals surface area (Å²) in [6.07, 6.45) is 0. The minimum Gasteiger partial charge on any atom is -0.369 e. The molecular weight excluding hydrogens is 132 g/mol. The molecule has 0 aliphatic rings. The van der Waals surface area contributed by atoms with E-state index in [9.17, 15) is 4.79 Å². The Bertz CT molecular complexity index is 117. The van der Waals surface area contributed by atoms with E-state index in [4.69, 9.17) is 5.73 Å². The molecule has 10 heavy (non-hydrogen) atoms. The average Bonchev–Trinajstić information content (AvgIpc) is 1.81. The Kier molecular flexibility index (Phi) is 3.32. The topological polar surface area (TPSA) is 64.3 Å². The van der Waals surface area contributed by atoms with E-state index in [1.54, 1.807) is 0 Å². The van der Waals surface area contributed by atoms with E-state index >= 15 is 0 Å². The highest BCUT2D eigenvalue weighted by Crippen LogP contribution is 1.97. The van der Waals surface area contributed by atoms with E-state index < -0.39 is 5.97 Å². The monoisotopic (exact) mass is 146 g/mol. The van der Waals surface area contributed by atoms with Gasteiger partial charge in [0.1, 0.15) is 0 Å². The number of carbonyl (C=O) groups excluding carboxylic acids is 1. The van der Waals surface area contributed by atoms with Gasteiger partial charge in [-0.15, -0.1) is 5.48 Å². The molecule has 0 atom stereocenters. The van der Waals surface area contributed by atoms with Crippen LogP contribution in [0.1, 0.15) is 20.8 Å². The molecule has 0 fully saturated rings. The molecule has 0 aliphatic carbocycles. The van der Waals surface area contributed by atoms with Crippen molar-refractivity contribution >= 4 is 5.97 Å². The van der Waals surface area contributed by atoms with Crippen molar-refractivity contribution in [3.63, 3.8) is 0 Å². The molecule has 0 saturated carbocycles. The zero-order valence-corrected chi connectivity index (χ0v) is 6.60. The van der Waals surface area contributed by atoms with Crippen LogP contribution in [0.2, 0.25) is 0 Å². The first-order chi connectivity index (χ1) is 4.45. The number of nitrogens with two attached hydrogens (primary N) is 1. The van der Waals surface area contributed by atoms with Crippen LogP contribution in [0.4, 0.5) is 0 Å². The van der Waals surface area contributed by atoms with Crippen LogP contribution in [0, 0.1) is 0 Å². The van der Waals surface area contributed by atoms with Crippen molar-refractivity contribution in [2.45, 2.75) is 26.3 Å². The summed E-state index contributed by atoms with van der Waals surface area (Å²) in [4.78, 5) is 15.0. The predicted octanol–water partition coefficient (Wildman–Crippen LogP) is -0.209. The minimum atomic E-state index is -0.449. The predicted molar refractivity (Wildman–Crippen MR) is 38.0 cm³/mol. The van der Waals surface area contributed by atoms with Crippen molar-refractivity contribution in [3.8, 4) is 0 Å². The number of hydroxylamine groups is 1. The zero-order valence-electron chi connectivity index (χ0n) is 6.60. The van der Waals surface area contributed by atoms with Gasteiger partial charge in [0.15, 0.2) is 0 Å². The minimum absolute atomic E-state index is 0.0942. The lowest BCUT2D eigenvalue weighted by molar-refractivity contribution is -0.153. The van der Waals surface area contributed by atoms with Crippen LogP contribution in [-0.4, -0.2) is 18.1 Å². The lowest BCUT2D eigenvalue weighted by Gasteiger charge is -2.18. The molecule has 0 amide bonds. The molecule has 3 N–H and O–H groups in total. The van der Waals surface area contributed by atoms with Crippen LogP contribution in [-0.2, 0) is 9.63 Å². The maximum absolute atomic E-state index is 10.4. The van der Waals surface area contributed by atoms with Crippen LogP contribution in [0.5, 0.6) is 0 Å². The van der Waals surface area contributed by atoms with E-state index in [1.165, 1.54) is 0 Å².